The highest BCUT2D eigenvalue weighted by atomic mass is 15.2. The SMILES string of the molecule is CCNC(=NCc1ccc(C)cc1C)NCCc1ccncc1C. The zero-order valence-electron chi connectivity index (χ0n) is 15.2. The van der Waals surface area contributed by atoms with Crippen molar-refractivity contribution in [2.45, 2.75) is 40.7 Å². The van der Waals surface area contributed by atoms with Crippen molar-refractivity contribution in [3.63, 3.8) is 0 Å². The van der Waals surface area contributed by atoms with Gasteiger partial charge in [0.25, 0.3) is 0 Å². The van der Waals surface area contributed by atoms with Crippen molar-refractivity contribution < 1.29 is 0 Å². The van der Waals surface area contributed by atoms with E-state index in [0.29, 0.717) is 6.54 Å². The molecular weight excluding hydrogens is 296 g/mol. The van der Waals surface area contributed by atoms with Crippen molar-refractivity contribution in [2.24, 2.45) is 4.99 Å². The van der Waals surface area contributed by atoms with Crippen LogP contribution >= 0.6 is 0 Å². The number of hydrogen-bond acceptors (Lipinski definition) is 2. The summed E-state index contributed by atoms with van der Waals surface area (Å²) in [6.07, 6.45) is 4.72. The highest BCUT2D eigenvalue weighted by Gasteiger charge is 2.02. The highest BCUT2D eigenvalue weighted by molar-refractivity contribution is 5.79. The first kappa shape index (κ1) is 18.0. The average molecular weight is 324 g/mol. The van der Waals surface area contributed by atoms with Crippen molar-refractivity contribution >= 4 is 5.96 Å². The molecule has 0 saturated carbocycles. The van der Waals surface area contributed by atoms with Crippen LogP contribution in [0.3, 0.4) is 0 Å². The van der Waals surface area contributed by atoms with E-state index in [4.69, 9.17) is 4.99 Å². The summed E-state index contributed by atoms with van der Waals surface area (Å²) in [5.41, 5.74) is 6.40. The largest absolute Gasteiger partial charge is 0.357 e. The minimum absolute atomic E-state index is 0.690. The first-order valence-electron chi connectivity index (χ1n) is 8.58. The van der Waals surface area contributed by atoms with Gasteiger partial charge in [-0.05, 0) is 62.4 Å². The van der Waals surface area contributed by atoms with Crippen LogP contribution in [0.5, 0.6) is 0 Å². The van der Waals surface area contributed by atoms with E-state index in [0.717, 1.165) is 25.5 Å². The minimum Gasteiger partial charge on any atom is -0.357 e. The van der Waals surface area contributed by atoms with E-state index in [2.05, 4.69) is 67.6 Å². The summed E-state index contributed by atoms with van der Waals surface area (Å²) in [6, 6.07) is 8.59. The van der Waals surface area contributed by atoms with Gasteiger partial charge in [-0.2, -0.15) is 0 Å². The predicted octanol–water partition coefficient (Wildman–Crippen LogP) is 3.30. The van der Waals surface area contributed by atoms with Gasteiger partial charge in [-0.1, -0.05) is 23.8 Å². The summed E-state index contributed by atoms with van der Waals surface area (Å²) < 4.78 is 0. The van der Waals surface area contributed by atoms with Crippen LogP contribution in [0.15, 0.2) is 41.7 Å². The van der Waals surface area contributed by atoms with Crippen LogP contribution in [0.1, 0.15) is 34.7 Å². The zero-order chi connectivity index (χ0) is 17.4. The molecule has 128 valence electrons. The molecule has 0 radical (unpaired) electrons. The monoisotopic (exact) mass is 324 g/mol. The summed E-state index contributed by atoms with van der Waals surface area (Å²) >= 11 is 0. The van der Waals surface area contributed by atoms with Crippen LogP contribution in [0.4, 0.5) is 0 Å². The molecule has 0 aliphatic carbocycles. The van der Waals surface area contributed by atoms with Crippen LogP contribution < -0.4 is 10.6 Å². The predicted molar refractivity (Wildman–Crippen MR) is 101 cm³/mol. The van der Waals surface area contributed by atoms with Crippen molar-refractivity contribution in [2.75, 3.05) is 13.1 Å². The standard InChI is InChI=1S/C20H28N4/c1-5-22-20(23-11-9-18-8-10-21-13-17(18)4)24-14-19-7-6-15(2)12-16(19)3/h6-8,10,12-13H,5,9,11,14H2,1-4H3,(H2,22,23,24). The van der Waals surface area contributed by atoms with Gasteiger partial charge in [0.05, 0.1) is 6.54 Å². The normalized spacial score (nSPS) is 11.4. The zero-order valence-corrected chi connectivity index (χ0v) is 15.2. The molecule has 0 aliphatic rings. The van der Waals surface area contributed by atoms with Gasteiger partial charge in [-0.15, -0.1) is 0 Å². The second kappa shape index (κ2) is 9.06. The number of rotatable bonds is 6. The van der Waals surface area contributed by atoms with Crippen LogP contribution in [-0.2, 0) is 13.0 Å². The number of nitrogens with one attached hydrogen (secondary N) is 2. The molecular formula is C20H28N4. The van der Waals surface area contributed by atoms with Gasteiger partial charge in [0.1, 0.15) is 0 Å². The molecule has 2 N–H and O–H groups in total. The Morgan fingerprint density at radius 1 is 1.04 bits per heavy atom. The third-order valence-corrected chi connectivity index (χ3v) is 4.07. The van der Waals surface area contributed by atoms with E-state index in [1.807, 2.05) is 12.4 Å². The Labute approximate surface area is 145 Å². The second-order valence-corrected chi connectivity index (χ2v) is 6.10. The van der Waals surface area contributed by atoms with Gasteiger partial charge in [0, 0.05) is 25.5 Å². The fourth-order valence-electron chi connectivity index (χ4n) is 2.63. The van der Waals surface area contributed by atoms with Crippen molar-refractivity contribution in [3.8, 4) is 0 Å². The van der Waals surface area contributed by atoms with Gasteiger partial charge in [-0.25, -0.2) is 4.99 Å². The molecule has 0 spiro atoms. The highest BCUT2D eigenvalue weighted by Crippen LogP contribution is 2.11. The molecule has 0 unspecified atom stereocenters. The Bertz CT molecular complexity index is 692. The lowest BCUT2D eigenvalue weighted by Crippen LogP contribution is -2.38. The molecule has 0 amide bonds. The van der Waals surface area contributed by atoms with Crippen molar-refractivity contribution in [3.05, 3.63) is 64.5 Å². The topological polar surface area (TPSA) is 49.3 Å². The van der Waals surface area contributed by atoms with E-state index in [-0.39, 0.29) is 0 Å². The maximum atomic E-state index is 4.71. The molecule has 4 nitrogen and oxygen atoms in total. The van der Waals surface area contributed by atoms with Crippen LogP contribution in [0, 0.1) is 20.8 Å². The van der Waals surface area contributed by atoms with E-state index in [1.54, 1.807) is 0 Å². The Kier molecular flexibility index (Phi) is 6.79. The molecule has 0 saturated heterocycles. The minimum atomic E-state index is 0.690. The number of guanidine groups is 1. The lowest BCUT2D eigenvalue weighted by Gasteiger charge is -2.12. The third kappa shape index (κ3) is 5.37. The summed E-state index contributed by atoms with van der Waals surface area (Å²) in [4.78, 5) is 8.85. The summed E-state index contributed by atoms with van der Waals surface area (Å²) in [5, 5.41) is 6.73. The van der Waals surface area contributed by atoms with Gasteiger partial charge in [0.2, 0.25) is 0 Å². The summed E-state index contributed by atoms with van der Waals surface area (Å²) in [7, 11) is 0. The second-order valence-electron chi connectivity index (χ2n) is 6.10. The maximum Gasteiger partial charge on any atom is 0.191 e. The summed E-state index contributed by atoms with van der Waals surface area (Å²) in [5.74, 6) is 0.865. The van der Waals surface area contributed by atoms with E-state index in [9.17, 15) is 0 Å². The lowest BCUT2D eigenvalue weighted by atomic mass is 10.1. The van der Waals surface area contributed by atoms with Crippen LogP contribution in [-0.4, -0.2) is 24.0 Å². The smallest absolute Gasteiger partial charge is 0.191 e. The Balaban J connectivity index is 1.94. The van der Waals surface area contributed by atoms with Gasteiger partial charge in [-0.3, -0.25) is 4.98 Å². The lowest BCUT2D eigenvalue weighted by molar-refractivity contribution is 0.796. The number of aromatic nitrogens is 1. The summed E-state index contributed by atoms with van der Waals surface area (Å²) in [6.45, 7) is 10.8. The number of nitrogens with zero attached hydrogens (tertiary/aromatic N) is 2. The van der Waals surface area contributed by atoms with Gasteiger partial charge in [0.15, 0.2) is 5.96 Å². The molecule has 0 bridgehead atoms. The Morgan fingerprint density at radius 2 is 1.88 bits per heavy atom. The molecule has 2 aromatic rings. The molecule has 0 fully saturated rings. The fraction of sp³-hybridized carbons (Fsp3) is 0.400. The van der Waals surface area contributed by atoms with Crippen molar-refractivity contribution in [1.82, 2.24) is 15.6 Å². The average Bonchev–Trinajstić information content (AvgIpc) is 2.55. The molecule has 4 heteroatoms. The Morgan fingerprint density at radius 3 is 2.58 bits per heavy atom. The molecule has 1 heterocycles. The van der Waals surface area contributed by atoms with Crippen LogP contribution in [0.2, 0.25) is 0 Å². The van der Waals surface area contributed by atoms with Gasteiger partial charge < -0.3 is 10.6 Å². The maximum absolute atomic E-state index is 4.71. The van der Waals surface area contributed by atoms with Crippen molar-refractivity contribution in [1.29, 1.82) is 0 Å². The Hall–Kier alpha value is -2.36. The quantitative estimate of drug-likeness (QED) is 0.633. The number of pyridine rings is 1. The molecule has 0 atom stereocenters. The van der Waals surface area contributed by atoms with E-state index >= 15 is 0 Å². The first-order valence-corrected chi connectivity index (χ1v) is 8.58. The van der Waals surface area contributed by atoms with Gasteiger partial charge >= 0.3 is 0 Å². The fourth-order valence-corrected chi connectivity index (χ4v) is 2.63. The van der Waals surface area contributed by atoms with E-state index in [1.165, 1.54) is 27.8 Å². The first-order chi connectivity index (χ1) is 11.6. The third-order valence-electron chi connectivity index (χ3n) is 4.07. The number of hydrogen-bond donors (Lipinski definition) is 2. The molecule has 24 heavy (non-hydrogen) atoms. The molecule has 2 rings (SSSR count). The number of aryl methyl sites for hydroxylation is 3. The molecule has 1 aromatic carbocycles. The molecule has 0 aliphatic heterocycles. The molecule has 1 aromatic heterocycles. The van der Waals surface area contributed by atoms with Crippen LogP contribution in [0.25, 0.3) is 0 Å². The number of benzene rings is 1. The van der Waals surface area contributed by atoms with E-state index < -0.39 is 0 Å². The number of aliphatic imine (C=N–C) groups is 1.